The lowest BCUT2D eigenvalue weighted by Gasteiger charge is -2.16. The first-order valence-corrected chi connectivity index (χ1v) is 24.0. The largest absolute Gasteiger partial charge is 0.456 e. The lowest BCUT2D eigenvalue weighted by molar-refractivity contribution is 0.669. The van der Waals surface area contributed by atoms with E-state index in [0.29, 0.717) is 17.5 Å². The zero-order chi connectivity index (χ0) is 46.6. The Morgan fingerprint density at radius 3 is 1.66 bits per heavy atom. The zero-order valence-corrected chi connectivity index (χ0v) is 38.2. The van der Waals surface area contributed by atoms with Crippen molar-refractivity contribution >= 4 is 87.1 Å². The van der Waals surface area contributed by atoms with Crippen LogP contribution in [-0.2, 0) is 0 Å². The zero-order valence-electron chi connectivity index (χ0n) is 38.2. The Bertz CT molecular complexity index is 4640. The van der Waals surface area contributed by atoms with E-state index in [0.717, 1.165) is 99.4 Å². The number of hydrogen-bond donors (Lipinski definition) is 0. The summed E-state index contributed by atoms with van der Waals surface area (Å²) in [5.74, 6) is 1.75. The van der Waals surface area contributed by atoms with Crippen LogP contribution in [0.15, 0.2) is 241 Å². The Balaban J connectivity index is 1.03. The third kappa shape index (κ3) is 6.11. The summed E-state index contributed by atoms with van der Waals surface area (Å²) < 4.78 is 11.5. The van der Waals surface area contributed by atoms with Crippen molar-refractivity contribution in [3.05, 3.63) is 237 Å². The average Bonchev–Trinajstić information content (AvgIpc) is 4.10. The standard InChI is InChI=1S/C65H39N5O/c1-3-17-41(18-4-1)63-66-64(44-30-33-50-48-24-11-13-27-55(48)69(57(50)38-44)45-21-5-2-6-22-45)68-65(67-63)52-34-32-46(70-56-28-14-12-25-49(56)54-36-42-19-7-8-20-43(42)37-58(54)70)39-53(52)51-26-15-29-59-62(51)61-47-23-10-9-16-40(47)31-35-60(61)71-59/h1-39H. The predicted octanol–water partition coefficient (Wildman–Crippen LogP) is 16.9. The second-order valence-corrected chi connectivity index (χ2v) is 18.3. The molecule has 71 heavy (non-hydrogen) atoms. The molecule has 0 aliphatic carbocycles. The summed E-state index contributed by atoms with van der Waals surface area (Å²) in [5, 5.41) is 11.6. The quantitative estimate of drug-likeness (QED) is 0.167. The normalized spacial score (nSPS) is 11.9. The van der Waals surface area contributed by atoms with Crippen LogP contribution in [0.4, 0.5) is 0 Å². The van der Waals surface area contributed by atoms with E-state index in [2.05, 4.69) is 228 Å². The highest BCUT2D eigenvalue weighted by molar-refractivity contribution is 6.23. The van der Waals surface area contributed by atoms with E-state index < -0.39 is 0 Å². The lowest BCUT2D eigenvalue weighted by Crippen LogP contribution is -2.02. The van der Waals surface area contributed by atoms with Gasteiger partial charge in [-0.3, -0.25) is 0 Å². The van der Waals surface area contributed by atoms with Gasteiger partial charge in [-0.05, 0) is 105 Å². The van der Waals surface area contributed by atoms with Crippen LogP contribution in [0.2, 0.25) is 0 Å². The monoisotopic (exact) mass is 905 g/mol. The molecule has 0 radical (unpaired) electrons. The molecule has 15 rings (SSSR count). The van der Waals surface area contributed by atoms with Crippen molar-refractivity contribution in [2.45, 2.75) is 0 Å². The summed E-state index contributed by atoms with van der Waals surface area (Å²) in [7, 11) is 0. The topological polar surface area (TPSA) is 61.7 Å². The molecular formula is C65H39N5O. The number of hydrogen-bond acceptors (Lipinski definition) is 4. The van der Waals surface area contributed by atoms with E-state index in [1.807, 2.05) is 18.2 Å². The van der Waals surface area contributed by atoms with Crippen LogP contribution in [0.5, 0.6) is 0 Å². The Kier molecular flexibility index (Phi) is 8.56. The van der Waals surface area contributed by atoms with Gasteiger partial charge in [0.25, 0.3) is 0 Å². The van der Waals surface area contributed by atoms with E-state index >= 15 is 0 Å². The minimum absolute atomic E-state index is 0.571. The first kappa shape index (κ1) is 39.4. The highest BCUT2D eigenvalue weighted by atomic mass is 16.3. The van der Waals surface area contributed by atoms with Crippen LogP contribution in [-0.4, -0.2) is 24.1 Å². The molecule has 0 N–H and O–H groups in total. The summed E-state index contributed by atoms with van der Waals surface area (Å²) in [6.45, 7) is 0. The predicted molar refractivity (Wildman–Crippen MR) is 293 cm³/mol. The highest BCUT2D eigenvalue weighted by Crippen LogP contribution is 2.45. The molecule has 0 unspecified atom stereocenters. The first-order valence-electron chi connectivity index (χ1n) is 24.0. The van der Waals surface area contributed by atoms with Crippen molar-refractivity contribution in [1.82, 2.24) is 24.1 Å². The second kappa shape index (κ2) is 15.4. The summed E-state index contributed by atoms with van der Waals surface area (Å²) in [6, 6.07) is 83.9. The summed E-state index contributed by atoms with van der Waals surface area (Å²) >= 11 is 0. The molecule has 6 heteroatoms. The fourth-order valence-corrected chi connectivity index (χ4v) is 11.1. The molecule has 0 spiro atoms. The van der Waals surface area contributed by atoms with Crippen molar-refractivity contribution in [3.63, 3.8) is 0 Å². The molecule has 0 saturated heterocycles. The molecule has 330 valence electrons. The van der Waals surface area contributed by atoms with Gasteiger partial charge in [-0.25, -0.2) is 15.0 Å². The van der Waals surface area contributed by atoms with Gasteiger partial charge < -0.3 is 13.6 Å². The maximum Gasteiger partial charge on any atom is 0.164 e. The van der Waals surface area contributed by atoms with Gasteiger partial charge in [0.15, 0.2) is 17.5 Å². The van der Waals surface area contributed by atoms with Gasteiger partial charge >= 0.3 is 0 Å². The number of furan rings is 1. The molecule has 4 heterocycles. The van der Waals surface area contributed by atoms with Crippen LogP contribution in [0.25, 0.3) is 144 Å². The van der Waals surface area contributed by atoms with E-state index in [4.69, 9.17) is 19.4 Å². The van der Waals surface area contributed by atoms with E-state index in [1.165, 1.54) is 26.9 Å². The number of para-hydroxylation sites is 3. The van der Waals surface area contributed by atoms with Gasteiger partial charge in [-0.15, -0.1) is 0 Å². The van der Waals surface area contributed by atoms with Crippen molar-refractivity contribution < 1.29 is 4.42 Å². The molecule has 0 amide bonds. The molecule has 11 aromatic carbocycles. The Labute approximate surface area is 407 Å². The number of benzene rings is 11. The maximum atomic E-state index is 6.73. The molecule has 0 atom stereocenters. The number of nitrogens with zero attached hydrogens (tertiary/aromatic N) is 5. The van der Waals surface area contributed by atoms with Crippen molar-refractivity contribution in [3.8, 4) is 56.7 Å². The molecule has 0 aliphatic rings. The van der Waals surface area contributed by atoms with Gasteiger partial charge in [0, 0.05) is 60.4 Å². The molecule has 15 aromatic rings. The molecule has 0 aliphatic heterocycles. The Hall–Kier alpha value is -9.65. The van der Waals surface area contributed by atoms with Crippen LogP contribution >= 0.6 is 0 Å². The first-order chi connectivity index (χ1) is 35.2. The van der Waals surface area contributed by atoms with Crippen molar-refractivity contribution in [1.29, 1.82) is 0 Å². The number of aromatic nitrogens is 5. The minimum Gasteiger partial charge on any atom is -0.456 e. The maximum absolute atomic E-state index is 6.73. The molecule has 6 nitrogen and oxygen atoms in total. The fourth-order valence-electron chi connectivity index (χ4n) is 11.1. The van der Waals surface area contributed by atoms with Gasteiger partial charge in [0.05, 0.1) is 22.1 Å². The third-order valence-corrected chi connectivity index (χ3v) is 14.3. The van der Waals surface area contributed by atoms with Gasteiger partial charge in [-0.2, -0.15) is 0 Å². The number of rotatable bonds is 6. The third-order valence-electron chi connectivity index (χ3n) is 14.3. The van der Waals surface area contributed by atoms with Gasteiger partial charge in [0.2, 0.25) is 0 Å². The SMILES string of the molecule is c1ccc(-c2nc(-c3ccc4c5ccccc5n(-c5ccccc5)c4c3)nc(-c3ccc(-n4c5ccccc5c5cc6ccccc6cc54)cc3-c3cccc4oc5ccc6ccccc6c5c34)n2)cc1. The minimum atomic E-state index is 0.571. The fraction of sp³-hybridized carbons (Fsp3) is 0. The number of fused-ring (bicyclic) bond motifs is 12. The van der Waals surface area contributed by atoms with Crippen molar-refractivity contribution in [2.75, 3.05) is 0 Å². The van der Waals surface area contributed by atoms with Gasteiger partial charge in [-0.1, -0.05) is 164 Å². The summed E-state index contributed by atoms with van der Waals surface area (Å²) in [6.07, 6.45) is 0. The van der Waals surface area contributed by atoms with Crippen LogP contribution in [0.1, 0.15) is 0 Å². The molecule has 0 saturated carbocycles. The summed E-state index contributed by atoms with van der Waals surface area (Å²) in [5.41, 5.74) is 12.9. The van der Waals surface area contributed by atoms with Crippen molar-refractivity contribution in [2.24, 2.45) is 0 Å². The second-order valence-electron chi connectivity index (χ2n) is 18.3. The van der Waals surface area contributed by atoms with Gasteiger partial charge in [0.1, 0.15) is 11.2 Å². The smallest absolute Gasteiger partial charge is 0.164 e. The Morgan fingerprint density at radius 1 is 0.282 bits per heavy atom. The van der Waals surface area contributed by atoms with Crippen LogP contribution in [0.3, 0.4) is 0 Å². The van der Waals surface area contributed by atoms with Crippen LogP contribution in [0, 0.1) is 0 Å². The van der Waals surface area contributed by atoms with Crippen LogP contribution < -0.4 is 0 Å². The van der Waals surface area contributed by atoms with E-state index in [9.17, 15) is 0 Å². The molecular weight excluding hydrogens is 867 g/mol. The molecule has 4 aromatic heterocycles. The summed E-state index contributed by atoms with van der Waals surface area (Å²) in [4.78, 5) is 16.2. The average molecular weight is 906 g/mol. The Morgan fingerprint density at radius 2 is 0.873 bits per heavy atom. The lowest BCUT2D eigenvalue weighted by atomic mass is 9.93. The van der Waals surface area contributed by atoms with E-state index in [1.54, 1.807) is 0 Å². The molecule has 0 bridgehead atoms. The van der Waals surface area contributed by atoms with E-state index in [-0.39, 0.29) is 0 Å². The highest BCUT2D eigenvalue weighted by Gasteiger charge is 2.23. The molecule has 0 fully saturated rings.